The van der Waals surface area contributed by atoms with Crippen LogP contribution in [0.3, 0.4) is 0 Å². The van der Waals surface area contributed by atoms with Gasteiger partial charge in [0.1, 0.15) is 12.8 Å². The molecule has 0 radical (unpaired) electrons. The molecule has 1 aliphatic heterocycles. The van der Waals surface area contributed by atoms with Crippen LogP contribution in [0.25, 0.3) is 0 Å². The summed E-state index contributed by atoms with van der Waals surface area (Å²) in [5.41, 5.74) is 6.39. The molecule has 0 bridgehead atoms. The molecule has 1 aromatic rings. The summed E-state index contributed by atoms with van der Waals surface area (Å²) in [5, 5.41) is 0. The molecule has 1 saturated heterocycles. The van der Waals surface area contributed by atoms with Crippen molar-refractivity contribution in [3.8, 4) is 0 Å². The number of nitrogens with two attached hydrogens (primary N) is 1. The number of hydrogen-bond acceptors (Lipinski definition) is 3. The third-order valence-electron chi connectivity index (χ3n) is 2.75. The zero-order valence-electron chi connectivity index (χ0n) is 9.38. The highest BCUT2D eigenvalue weighted by Gasteiger charge is 2.33. The smallest absolute Gasteiger partial charge is 0.410 e. The van der Waals surface area contributed by atoms with Gasteiger partial charge >= 0.3 is 6.09 Å². The van der Waals surface area contributed by atoms with E-state index in [0.29, 0.717) is 0 Å². The van der Waals surface area contributed by atoms with Crippen LogP contribution < -0.4 is 5.73 Å². The summed E-state index contributed by atoms with van der Waals surface area (Å²) in [6.07, 6.45) is -1.66. The van der Waals surface area contributed by atoms with Gasteiger partial charge in [0.2, 0.25) is 0 Å². The zero-order valence-corrected chi connectivity index (χ0v) is 9.38. The molecule has 92 valence electrons. The normalized spacial score (nSPS) is 23.8. The molecule has 0 saturated carbocycles. The number of benzene rings is 1. The van der Waals surface area contributed by atoms with Crippen molar-refractivity contribution < 1.29 is 13.9 Å². The van der Waals surface area contributed by atoms with Crippen LogP contribution in [0.5, 0.6) is 0 Å². The maximum Gasteiger partial charge on any atom is 0.410 e. The SMILES string of the molecule is NC1CN(C(=O)OCc2ccccc2)C[C@@H]1F. The van der Waals surface area contributed by atoms with Crippen molar-refractivity contribution in [2.45, 2.75) is 18.8 Å². The Morgan fingerprint density at radius 2 is 2.12 bits per heavy atom. The van der Waals surface area contributed by atoms with E-state index >= 15 is 0 Å². The Bertz CT molecular complexity index is 375. The summed E-state index contributed by atoms with van der Waals surface area (Å²) < 4.78 is 18.2. The van der Waals surface area contributed by atoms with Crippen molar-refractivity contribution in [1.82, 2.24) is 4.90 Å². The van der Waals surface area contributed by atoms with Crippen LogP contribution in [0, 0.1) is 0 Å². The van der Waals surface area contributed by atoms with Gasteiger partial charge in [-0.3, -0.25) is 0 Å². The molecule has 2 rings (SSSR count). The first kappa shape index (κ1) is 11.9. The van der Waals surface area contributed by atoms with Gasteiger partial charge in [0, 0.05) is 6.54 Å². The van der Waals surface area contributed by atoms with Gasteiger partial charge in [-0.1, -0.05) is 30.3 Å². The Balaban J connectivity index is 1.82. The third kappa shape index (κ3) is 2.94. The van der Waals surface area contributed by atoms with E-state index in [4.69, 9.17) is 10.5 Å². The number of nitrogens with zero attached hydrogens (tertiary/aromatic N) is 1. The summed E-state index contributed by atoms with van der Waals surface area (Å²) in [6, 6.07) is 8.75. The van der Waals surface area contributed by atoms with Crippen molar-refractivity contribution in [2.75, 3.05) is 13.1 Å². The lowest BCUT2D eigenvalue weighted by atomic mass is 10.2. The van der Waals surface area contributed by atoms with E-state index in [0.717, 1.165) is 5.56 Å². The Hall–Kier alpha value is -1.62. The number of rotatable bonds is 2. The van der Waals surface area contributed by atoms with Crippen LogP contribution in [-0.4, -0.2) is 36.3 Å². The van der Waals surface area contributed by atoms with E-state index in [1.165, 1.54) is 4.90 Å². The van der Waals surface area contributed by atoms with Gasteiger partial charge in [-0.25, -0.2) is 9.18 Å². The van der Waals surface area contributed by atoms with Gasteiger partial charge in [-0.05, 0) is 5.56 Å². The standard InChI is InChI=1S/C12H15FN2O2/c13-10-6-15(7-11(10)14)12(16)17-8-9-4-2-1-3-5-9/h1-5,10-11H,6-8,14H2/t10-,11?/m0/s1. The van der Waals surface area contributed by atoms with Gasteiger partial charge in [-0.2, -0.15) is 0 Å². The number of halogens is 1. The van der Waals surface area contributed by atoms with Gasteiger partial charge < -0.3 is 15.4 Å². The molecule has 2 N–H and O–H groups in total. The molecule has 1 amide bonds. The second-order valence-electron chi connectivity index (χ2n) is 4.13. The first-order valence-electron chi connectivity index (χ1n) is 5.52. The van der Waals surface area contributed by atoms with Gasteiger partial charge in [0.15, 0.2) is 0 Å². The highest BCUT2D eigenvalue weighted by molar-refractivity contribution is 5.68. The maximum absolute atomic E-state index is 13.1. The highest BCUT2D eigenvalue weighted by Crippen LogP contribution is 2.13. The molecule has 5 heteroatoms. The maximum atomic E-state index is 13.1. The minimum absolute atomic E-state index is 0.0226. The summed E-state index contributed by atoms with van der Waals surface area (Å²) in [4.78, 5) is 12.9. The second-order valence-corrected chi connectivity index (χ2v) is 4.13. The summed E-state index contributed by atoms with van der Waals surface area (Å²) in [6.45, 7) is 0.436. The van der Waals surface area contributed by atoms with Crippen molar-refractivity contribution in [1.29, 1.82) is 0 Å². The second kappa shape index (κ2) is 5.14. The number of alkyl halides is 1. The predicted octanol–water partition coefficient (Wildman–Crippen LogP) is 1.30. The van der Waals surface area contributed by atoms with Crippen molar-refractivity contribution >= 4 is 6.09 Å². The number of carbonyl (C=O) groups excluding carboxylic acids is 1. The summed E-state index contributed by atoms with van der Waals surface area (Å²) in [5.74, 6) is 0. The first-order chi connectivity index (χ1) is 8.16. The third-order valence-corrected chi connectivity index (χ3v) is 2.75. The van der Waals surface area contributed by atoms with Gasteiger partial charge in [-0.15, -0.1) is 0 Å². The monoisotopic (exact) mass is 238 g/mol. The van der Waals surface area contributed by atoms with Crippen LogP contribution in [0.1, 0.15) is 5.56 Å². The summed E-state index contributed by atoms with van der Waals surface area (Å²) >= 11 is 0. The molecule has 2 atom stereocenters. The van der Waals surface area contributed by atoms with Crippen molar-refractivity contribution in [3.05, 3.63) is 35.9 Å². The summed E-state index contributed by atoms with van der Waals surface area (Å²) in [7, 11) is 0. The predicted molar refractivity (Wildman–Crippen MR) is 61.1 cm³/mol. The molecule has 0 aliphatic carbocycles. The fraction of sp³-hybridized carbons (Fsp3) is 0.417. The fourth-order valence-electron chi connectivity index (χ4n) is 1.75. The van der Waals surface area contributed by atoms with Gasteiger partial charge in [0.05, 0.1) is 12.6 Å². The first-order valence-corrected chi connectivity index (χ1v) is 5.52. The van der Waals surface area contributed by atoms with E-state index in [9.17, 15) is 9.18 Å². The number of amides is 1. The van der Waals surface area contributed by atoms with Crippen LogP contribution >= 0.6 is 0 Å². The molecule has 1 fully saturated rings. The molecule has 4 nitrogen and oxygen atoms in total. The van der Waals surface area contributed by atoms with Gasteiger partial charge in [0.25, 0.3) is 0 Å². The number of carbonyl (C=O) groups is 1. The molecular formula is C12H15FN2O2. The van der Waals surface area contributed by atoms with Crippen LogP contribution in [0.2, 0.25) is 0 Å². The fourth-order valence-corrected chi connectivity index (χ4v) is 1.75. The molecule has 1 unspecified atom stereocenters. The van der Waals surface area contributed by atoms with Crippen LogP contribution in [0.4, 0.5) is 9.18 Å². The largest absolute Gasteiger partial charge is 0.445 e. The average Bonchev–Trinajstić information content (AvgIpc) is 2.68. The molecular weight excluding hydrogens is 223 g/mol. The van der Waals surface area contributed by atoms with Crippen LogP contribution in [0.15, 0.2) is 30.3 Å². The van der Waals surface area contributed by atoms with E-state index in [2.05, 4.69) is 0 Å². The molecule has 1 aliphatic rings. The van der Waals surface area contributed by atoms with Crippen molar-refractivity contribution in [2.24, 2.45) is 5.73 Å². The molecule has 1 aromatic carbocycles. The quantitative estimate of drug-likeness (QED) is 0.845. The lowest BCUT2D eigenvalue weighted by Crippen LogP contribution is -2.32. The van der Waals surface area contributed by atoms with E-state index in [-0.39, 0.29) is 19.7 Å². The molecule has 1 heterocycles. The number of hydrogen-bond donors (Lipinski definition) is 1. The Kier molecular flexibility index (Phi) is 3.58. The minimum atomic E-state index is -1.15. The molecule has 0 aromatic heterocycles. The van der Waals surface area contributed by atoms with E-state index in [1.54, 1.807) is 0 Å². The topological polar surface area (TPSA) is 55.6 Å². The number of likely N-dealkylation sites (tertiary alicyclic amines) is 1. The minimum Gasteiger partial charge on any atom is -0.445 e. The zero-order chi connectivity index (χ0) is 12.3. The van der Waals surface area contributed by atoms with Crippen molar-refractivity contribution in [3.63, 3.8) is 0 Å². The highest BCUT2D eigenvalue weighted by atomic mass is 19.1. The lowest BCUT2D eigenvalue weighted by molar-refractivity contribution is 0.102. The number of ether oxygens (including phenoxy) is 1. The lowest BCUT2D eigenvalue weighted by Gasteiger charge is -2.15. The molecule has 17 heavy (non-hydrogen) atoms. The van der Waals surface area contributed by atoms with Crippen LogP contribution in [-0.2, 0) is 11.3 Å². The van der Waals surface area contributed by atoms with E-state index in [1.807, 2.05) is 30.3 Å². The van der Waals surface area contributed by atoms with E-state index < -0.39 is 18.3 Å². The average molecular weight is 238 g/mol. The Labute approximate surface area is 99.2 Å². The Morgan fingerprint density at radius 1 is 1.41 bits per heavy atom. The Morgan fingerprint density at radius 3 is 2.71 bits per heavy atom. The molecule has 0 spiro atoms.